The zero-order valence-corrected chi connectivity index (χ0v) is 11.7. The number of rotatable bonds is 6. The number of hydrogen-bond donors (Lipinski definition) is 4. The minimum absolute atomic E-state index is 0.0697. The second kappa shape index (κ2) is 10.3. The molecule has 0 saturated carbocycles. The molecule has 0 heterocycles. The van der Waals surface area contributed by atoms with E-state index < -0.39 is 11.7 Å². The number of aliphatic hydroxyl groups excluding tert-OH is 2. The van der Waals surface area contributed by atoms with Gasteiger partial charge < -0.3 is 21.4 Å². The lowest BCUT2D eigenvalue weighted by Crippen LogP contribution is -2.06. The number of halogens is 3. The van der Waals surface area contributed by atoms with Crippen LogP contribution in [-0.4, -0.2) is 35.7 Å². The van der Waals surface area contributed by atoms with Crippen LogP contribution in [0.2, 0.25) is 0 Å². The highest BCUT2D eigenvalue weighted by molar-refractivity contribution is 5.98. The maximum Gasteiger partial charge on any atom is 0.416 e. The first-order valence-electron chi connectivity index (χ1n) is 6.53. The van der Waals surface area contributed by atoms with Gasteiger partial charge in [0.1, 0.15) is 0 Å². The number of nitrogens with two attached hydrogens (primary N) is 1. The molecule has 21 heavy (non-hydrogen) atoms. The van der Waals surface area contributed by atoms with Crippen LogP contribution in [0.15, 0.2) is 24.3 Å². The number of hydrogen-bond acceptors (Lipinski definition) is 4. The van der Waals surface area contributed by atoms with E-state index in [0.29, 0.717) is 37.1 Å². The zero-order valence-electron chi connectivity index (χ0n) is 11.7. The van der Waals surface area contributed by atoms with Crippen molar-refractivity contribution in [2.45, 2.75) is 25.4 Å². The van der Waals surface area contributed by atoms with Gasteiger partial charge in [0, 0.05) is 18.9 Å². The van der Waals surface area contributed by atoms with Crippen molar-refractivity contribution in [3.05, 3.63) is 35.4 Å². The third-order valence-corrected chi connectivity index (χ3v) is 2.52. The lowest BCUT2D eigenvalue weighted by Gasteiger charge is -2.08. The van der Waals surface area contributed by atoms with E-state index in [1.165, 1.54) is 12.1 Å². The molecule has 1 aromatic rings. The predicted molar refractivity (Wildman–Crippen MR) is 75.3 cm³/mol. The van der Waals surface area contributed by atoms with E-state index >= 15 is 0 Å². The summed E-state index contributed by atoms with van der Waals surface area (Å²) in [6.45, 7) is 0.542. The summed E-state index contributed by atoms with van der Waals surface area (Å²) in [4.78, 5) is 0. The lowest BCUT2D eigenvalue weighted by molar-refractivity contribution is -0.137. The molecule has 120 valence electrons. The van der Waals surface area contributed by atoms with E-state index in [-0.39, 0.29) is 13.2 Å². The summed E-state index contributed by atoms with van der Waals surface area (Å²) >= 11 is 0. The van der Waals surface area contributed by atoms with Gasteiger partial charge in [-0.15, -0.1) is 0 Å². The van der Waals surface area contributed by atoms with Crippen molar-refractivity contribution in [3.8, 4) is 0 Å². The second-order valence-electron chi connectivity index (χ2n) is 4.25. The van der Waals surface area contributed by atoms with Gasteiger partial charge in [-0.2, -0.15) is 13.2 Å². The molecule has 0 atom stereocenters. The van der Waals surface area contributed by atoms with Crippen LogP contribution in [0.5, 0.6) is 0 Å². The summed E-state index contributed by atoms with van der Waals surface area (Å²) in [6, 6.07) is 4.58. The van der Waals surface area contributed by atoms with Crippen LogP contribution >= 0.6 is 0 Å². The normalized spacial score (nSPS) is 10.8. The van der Waals surface area contributed by atoms with E-state index in [1.807, 2.05) is 0 Å². The van der Waals surface area contributed by atoms with E-state index in [1.54, 1.807) is 0 Å². The Morgan fingerprint density at radius 2 is 1.57 bits per heavy atom. The topological polar surface area (TPSA) is 90.3 Å². The zero-order chi connectivity index (χ0) is 16.3. The minimum atomic E-state index is -4.34. The molecule has 0 aliphatic rings. The molecule has 0 radical (unpaired) electrons. The summed E-state index contributed by atoms with van der Waals surface area (Å²) < 4.78 is 36.9. The van der Waals surface area contributed by atoms with Crippen LogP contribution in [-0.2, 0) is 6.18 Å². The molecule has 0 bridgehead atoms. The molecule has 0 saturated heterocycles. The summed E-state index contributed by atoms with van der Waals surface area (Å²) in [7, 11) is 0. The SMILES string of the molecule is N=C(CCCCO)c1ccc(C(F)(F)F)cc1.NCCO. The molecular weight excluding hydrogens is 285 g/mol. The quantitative estimate of drug-likeness (QED) is 0.479. The van der Waals surface area contributed by atoms with Gasteiger partial charge in [-0.25, -0.2) is 0 Å². The fraction of sp³-hybridized carbons (Fsp3) is 0.500. The Bertz CT molecular complexity index is 404. The summed E-state index contributed by atoms with van der Waals surface area (Å²) in [5.74, 6) is 0. The van der Waals surface area contributed by atoms with Gasteiger partial charge in [-0.1, -0.05) is 12.1 Å². The Labute approximate surface area is 121 Å². The third kappa shape index (κ3) is 8.44. The maximum atomic E-state index is 12.3. The highest BCUT2D eigenvalue weighted by Crippen LogP contribution is 2.29. The smallest absolute Gasteiger partial charge is 0.396 e. The molecular formula is C14H21F3N2O2. The molecule has 0 aromatic heterocycles. The van der Waals surface area contributed by atoms with Gasteiger partial charge >= 0.3 is 6.18 Å². The van der Waals surface area contributed by atoms with Crippen molar-refractivity contribution < 1.29 is 23.4 Å². The standard InChI is InChI=1S/C12H14F3NO.C2H7NO/c13-12(14,15)10-6-4-9(5-7-10)11(16)3-1-2-8-17;3-1-2-4/h4-7,16-17H,1-3,8H2;4H,1-3H2. The van der Waals surface area contributed by atoms with Crippen LogP contribution in [0.3, 0.4) is 0 Å². The summed E-state index contributed by atoms with van der Waals surface area (Å²) in [6.07, 6.45) is -2.61. The van der Waals surface area contributed by atoms with Crippen molar-refractivity contribution in [3.63, 3.8) is 0 Å². The van der Waals surface area contributed by atoms with Gasteiger partial charge in [-0.3, -0.25) is 0 Å². The third-order valence-electron chi connectivity index (χ3n) is 2.52. The molecule has 0 fully saturated rings. The fourth-order valence-electron chi connectivity index (χ4n) is 1.42. The van der Waals surface area contributed by atoms with Crippen molar-refractivity contribution in [2.75, 3.05) is 19.8 Å². The maximum absolute atomic E-state index is 12.3. The first-order valence-corrected chi connectivity index (χ1v) is 6.53. The largest absolute Gasteiger partial charge is 0.416 e. The average molecular weight is 306 g/mol. The van der Waals surface area contributed by atoms with Gasteiger partial charge in [0.05, 0.1) is 12.2 Å². The van der Waals surface area contributed by atoms with Crippen LogP contribution in [0.4, 0.5) is 13.2 Å². The molecule has 1 rings (SSSR count). The number of nitrogens with one attached hydrogen (secondary N) is 1. The van der Waals surface area contributed by atoms with E-state index in [4.69, 9.17) is 21.4 Å². The number of aliphatic hydroxyl groups is 2. The average Bonchev–Trinajstić information content (AvgIpc) is 2.47. The second-order valence-corrected chi connectivity index (χ2v) is 4.25. The van der Waals surface area contributed by atoms with Crippen molar-refractivity contribution >= 4 is 5.71 Å². The predicted octanol–water partition coefficient (Wildman–Crippen LogP) is 2.17. The van der Waals surface area contributed by atoms with E-state index in [0.717, 1.165) is 12.1 Å². The number of benzene rings is 1. The molecule has 0 spiro atoms. The van der Waals surface area contributed by atoms with Crippen molar-refractivity contribution in [2.24, 2.45) is 5.73 Å². The first kappa shape index (κ1) is 19.6. The van der Waals surface area contributed by atoms with Gasteiger partial charge in [-0.05, 0) is 37.0 Å². The van der Waals surface area contributed by atoms with Gasteiger partial charge in [0.15, 0.2) is 0 Å². The Morgan fingerprint density at radius 1 is 1.05 bits per heavy atom. The Morgan fingerprint density at radius 3 is 1.95 bits per heavy atom. The van der Waals surface area contributed by atoms with E-state index in [9.17, 15) is 13.2 Å². The monoisotopic (exact) mass is 306 g/mol. The van der Waals surface area contributed by atoms with Crippen LogP contribution < -0.4 is 5.73 Å². The molecule has 7 heteroatoms. The Balaban J connectivity index is 0.000000885. The molecule has 0 amide bonds. The Hall–Kier alpha value is -1.44. The minimum Gasteiger partial charge on any atom is -0.396 e. The molecule has 5 N–H and O–H groups in total. The van der Waals surface area contributed by atoms with Crippen LogP contribution in [0.25, 0.3) is 0 Å². The summed E-state index contributed by atoms with van der Waals surface area (Å²) in [5, 5.41) is 24.0. The molecule has 0 unspecified atom stereocenters. The lowest BCUT2D eigenvalue weighted by atomic mass is 10.0. The Kier molecular flexibility index (Phi) is 9.60. The molecule has 0 aliphatic carbocycles. The fourth-order valence-corrected chi connectivity index (χ4v) is 1.42. The molecule has 1 aromatic carbocycles. The summed E-state index contributed by atoms with van der Waals surface area (Å²) in [5.41, 5.74) is 4.87. The van der Waals surface area contributed by atoms with Gasteiger partial charge in [0.25, 0.3) is 0 Å². The molecule has 4 nitrogen and oxygen atoms in total. The first-order chi connectivity index (χ1) is 9.86. The van der Waals surface area contributed by atoms with Crippen molar-refractivity contribution in [1.29, 1.82) is 5.41 Å². The number of alkyl halides is 3. The highest BCUT2D eigenvalue weighted by Gasteiger charge is 2.29. The van der Waals surface area contributed by atoms with Crippen LogP contribution in [0.1, 0.15) is 30.4 Å². The highest BCUT2D eigenvalue weighted by atomic mass is 19.4. The van der Waals surface area contributed by atoms with Crippen LogP contribution in [0, 0.1) is 5.41 Å². The molecule has 0 aliphatic heterocycles. The van der Waals surface area contributed by atoms with Crippen molar-refractivity contribution in [1.82, 2.24) is 0 Å². The number of unbranched alkanes of at least 4 members (excludes halogenated alkanes) is 1. The van der Waals surface area contributed by atoms with Gasteiger partial charge in [0.2, 0.25) is 0 Å². The van der Waals surface area contributed by atoms with E-state index in [2.05, 4.69) is 0 Å².